The highest BCUT2D eigenvalue weighted by molar-refractivity contribution is 5.90. The summed E-state index contributed by atoms with van der Waals surface area (Å²) in [6.07, 6.45) is 1.27. The van der Waals surface area contributed by atoms with Crippen LogP contribution in [0.5, 0.6) is 0 Å². The van der Waals surface area contributed by atoms with E-state index in [1.54, 1.807) is 6.92 Å². The number of hydrogen-bond acceptors (Lipinski definition) is 4. The van der Waals surface area contributed by atoms with Gasteiger partial charge in [0.2, 0.25) is 11.8 Å². The third kappa shape index (κ3) is 3.21. The molecule has 0 spiro atoms. The lowest BCUT2D eigenvalue weighted by Crippen LogP contribution is -2.66. The quantitative estimate of drug-likeness (QED) is 0.697. The van der Waals surface area contributed by atoms with Crippen molar-refractivity contribution in [3.05, 3.63) is 0 Å². The lowest BCUT2D eigenvalue weighted by molar-refractivity contribution is -0.149. The normalized spacial score (nSPS) is 29.8. The van der Waals surface area contributed by atoms with Crippen molar-refractivity contribution in [3.63, 3.8) is 0 Å². The summed E-state index contributed by atoms with van der Waals surface area (Å²) in [4.78, 5) is 28.2. The van der Waals surface area contributed by atoms with E-state index in [4.69, 9.17) is 0 Å². The van der Waals surface area contributed by atoms with Crippen LogP contribution in [0.15, 0.2) is 0 Å². The number of carbonyl (C=O) groups excluding carboxylic acids is 2. The van der Waals surface area contributed by atoms with E-state index in [9.17, 15) is 14.7 Å². The van der Waals surface area contributed by atoms with Gasteiger partial charge in [-0.25, -0.2) is 0 Å². The molecule has 0 saturated carbocycles. The second-order valence-corrected chi connectivity index (χ2v) is 6.61. The van der Waals surface area contributed by atoms with Crippen molar-refractivity contribution < 1.29 is 14.7 Å². The first kappa shape index (κ1) is 16.2. The van der Waals surface area contributed by atoms with Crippen molar-refractivity contribution in [1.82, 2.24) is 15.1 Å². The number of nitrogens with one attached hydrogen (secondary N) is 1. The Bertz CT molecular complexity index is 403. The summed E-state index contributed by atoms with van der Waals surface area (Å²) >= 11 is 0. The van der Waals surface area contributed by atoms with Crippen LogP contribution in [-0.2, 0) is 9.59 Å². The molecule has 2 aliphatic rings. The highest BCUT2D eigenvalue weighted by Gasteiger charge is 2.47. The lowest BCUT2D eigenvalue weighted by Gasteiger charge is -2.43. The van der Waals surface area contributed by atoms with E-state index in [-0.39, 0.29) is 23.8 Å². The Morgan fingerprint density at radius 1 is 1.33 bits per heavy atom. The summed E-state index contributed by atoms with van der Waals surface area (Å²) in [6, 6.07) is 0.301. The fraction of sp³-hybridized carbons (Fsp3) is 0.867. The molecule has 0 aromatic heterocycles. The maximum absolute atomic E-state index is 12.6. The van der Waals surface area contributed by atoms with Crippen LogP contribution >= 0.6 is 0 Å². The van der Waals surface area contributed by atoms with Crippen LogP contribution in [0.25, 0.3) is 0 Å². The third-order valence-electron chi connectivity index (χ3n) is 4.95. The molecular formula is C15H27N3O3. The second-order valence-electron chi connectivity index (χ2n) is 6.61. The standard InChI is InChI=1S/C15H27N3O3/c1-9(13-12(10(2)19)14(20)16-13)15(21)18-7-5-11(6-8-18)17(3)4/h9-13,19H,5-8H2,1-4H3,(H,16,20)/t9?,10-,12-,13-/m1/s1. The number of aliphatic hydroxyl groups is 1. The van der Waals surface area contributed by atoms with Gasteiger partial charge in [-0.15, -0.1) is 0 Å². The SMILES string of the molecule is CC(C(=O)N1CCC(N(C)C)CC1)[C@H]1NC(=O)[C@@H]1[C@@H](C)O. The Morgan fingerprint density at radius 2 is 1.90 bits per heavy atom. The van der Waals surface area contributed by atoms with Crippen LogP contribution in [0.1, 0.15) is 26.7 Å². The maximum Gasteiger partial charge on any atom is 0.228 e. The Hall–Kier alpha value is -1.14. The van der Waals surface area contributed by atoms with Gasteiger partial charge in [-0.3, -0.25) is 9.59 Å². The molecule has 0 radical (unpaired) electrons. The Balaban J connectivity index is 1.90. The number of nitrogens with zero attached hydrogens (tertiary/aromatic N) is 2. The molecule has 1 unspecified atom stereocenters. The molecule has 2 heterocycles. The molecule has 6 nitrogen and oxygen atoms in total. The molecule has 0 bridgehead atoms. The number of aliphatic hydroxyl groups excluding tert-OH is 1. The number of rotatable bonds is 4. The molecular weight excluding hydrogens is 270 g/mol. The number of likely N-dealkylation sites (tertiary alicyclic amines) is 1. The largest absolute Gasteiger partial charge is 0.393 e. The van der Waals surface area contributed by atoms with Gasteiger partial charge in [-0.05, 0) is 33.9 Å². The van der Waals surface area contributed by atoms with E-state index in [0.717, 1.165) is 25.9 Å². The van der Waals surface area contributed by atoms with Gasteiger partial charge < -0.3 is 20.2 Å². The molecule has 2 aliphatic heterocycles. The monoisotopic (exact) mass is 297 g/mol. The number of piperidine rings is 1. The summed E-state index contributed by atoms with van der Waals surface area (Å²) in [6.45, 7) is 4.99. The summed E-state index contributed by atoms with van der Waals surface area (Å²) in [5, 5.41) is 12.4. The highest BCUT2D eigenvalue weighted by atomic mass is 16.3. The van der Waals surface area contributed by atoms with Crippen LogP contribution in [0.4, 0.5) is 0 Å². The van der Waals surface area contributed by atoms with Gasteiger partial charge in [0.1, 0.15) is 0 Å². The Morgan fingerprint density at radius 3 is 2.33 bits per heavy atom. The van der Waals surface area contributed by atoms with Gasteiger partial charge in [0.25, 0.3) is 0 Å². The molecule has 2 rings (SSSR count). The highest BCUT2D eigenvalue weighted by Crippen LogP contribution is 2.27. The third-order valence-corrected chi connectivity index (χ3v) is 4.95. The number of β-lactam (4-membered cyclic amide) rings is 1. The first-order valence-electron chi connectivity index (χ1n) is 7.76. The van der Waals surface area contributed by atoms with Crippen molar-refractivity contribution in [2.75, 3.05) is 27.2 Å². The van der Waals surface area contributed by atoms with Crippen molar-refractivity contribution >= 4 is 11.8 Å². The van der Waals surface area contributed by atoms with Crippen molar-refractivity contribution in [2.24, 2.45) is 11.8 Å². The van der Waals surface area contributed by atoms with Gasteiger partial charge in [0, 0.05) is 19.1 Å². The fourth-order valence-electron chi connectivity index (χ4n) is 3.42. The van der Waals surface area contributed by atoms with Gasteiger partial charge in [0.15, 0.2) is 0 Å². The summed E-state index contributed by atoms with van der Waals surface area (Å²) in [5.41, 5.74) is 0. The van der Waals surface area contributed by atoms with Crippen LogP contribution in [0.2, 0.25) is 0 Å². The number of amides is 2. The molecule has 6 heteroatoms. The Labute approximate surface area is 126 Å². The number of hydrogen-bond donors (Lipinski definition) is 2. The molecule has 0 aromatic carbocycles. The first-order chi connectivity index (χ1) is 9.82. The Kier molecular flexibility index (Phi) is 4.88. The predicted octanol–water partition coefficient (Wildman–Crippen LogP) is -0.329. The predicted molar refractivity (Wildman–Crippen MR) is 79.6 cm³/mol. The zero-order valence-corrected chi connectivity index (χ0v) is 13.4. The van der Waals surface area contributed by atoms with Gasteiger partial charge >= 0.3 is 0 Å². The lowest BCUT2D eigenvalue weighted by atomic mass is 9.78. The molecule has 2 saturated heterocycles. The molecule has 2 amide bonds. The van der Waals surface area contributed by atoms with E-state index >= 15 is 0 Å². The summed E-state index contributed by atoms with van der Waals surface area (Å²) < 4.78 is 0. The van der Waals surface area contributed by atoms with Crippen LogP contribution in [0, 0.1) is 11.8 Å². The molecule has 120 valence electrons. The molecule has 0 aromatic rings. The minimum atomic E-state index is -0.710. The van der Waals surface area contributed by atoms with Crippen molar-refractivity contribution in [2.45, 2.75) is 44.9 Å². The molecule has 4 atom stereocenters. The van der Waals surface area contributed by atoms with Crippen molar-refractivity contribution in [3.8, 4) is 0 Å². The van der Waals surface area contributed by atoms with E-state index in [0.29, 0.717) is 6.04 Å². The zero-order chi connectivity index (χ0) is 15.7. The van der Waals surface area contributed by atoms with Crippen LogP contribution in [-0.4, -0.2) is 72.1 Å². The zero-order valence-electron chi connectivity index (χ0n) is 13.4. The van der Waals surface area contributed by atoms with E-state index < -0.39 is 12.0 Å². The molecule has 2 fully saturated rings. The average Bonchev–Trinajstić information content (AvgIpc) is 2.42. The summed E-state index contributed by atoms with van der Waals surface area (Å²) in [5.74, 6) is -0.801. The van der Waals surface area contributed by atoms with Crippen LogP contribution in [0.3, 0.4) is 0 Å². The molecule has 2 N–H and O–H groups in total. The molecule has 0 aliphatic carbocycles. The minimum absolute atomic E-state index is 0.0860. The van der Waals surface area contributed by atoms with Gasteiger partial charge in [0.05, 0.1) is 24.0 Å². The van der Waals surface area contributed by atoms with E-state index in [1.165, 1.54) is 0 Å². The number of carbonyl (C=O) groups is 2. The van der Waals surface area contributed by atoms with E-state index in [2.05, 4.69) is 24.3 Å². The van der Waals surface area contributed by atoms with Gasteiger partial charge in [-0.1, -0.05) is 6.92 Å². The first-order valence-corrected chi connectivity index (χ1v) is 7.76. The van der Waals surface area contributed by atoms with Crippen molar-refractivity contribution in [1.29, 1.82) is 0 Å². The smallest absolute Gasteiger partial charge is 0.228 e. The van der Waals surface area contributed by atoms with E-state index in [1.807, 2.05) is 11.8 Å². The summed E-state index contributed by atoms with van der Waals surface area (Å²) in [7, 11) is 4.14. The van der Waals surface area contributed by atoms with Gasteiger partial charge in [-0.2, -0.15) is 0 Å². The second kappa shape index (κ2) is 6.32. The maximum atomic E-state index is 12.6. The average molecular weight is 297 g/mol. The van der Waals surface area contributed by atoms with Crippen LogP contribution < -0.4 is 5.32 Å². The fourth-order valence-corrected chi connectivity index (χ4v) is 3.42. The minimum Gasteiger partial charge on any atom is -0.393 e. The topological polar surface area (TPSA) is 72.9 Å². The molecule has 21 heavy (non-hydrogen) atoms.